The summed E-state index contributed by atoms with van der Waals surface area (Å²) in [4.78, 5) is 0.260. The number of aryl methyl sites for hydroxylation is 4. The van der Waals surface area contributed by atoms with Crippen molar-refractivity contribution >= 4 is 15.7 Å². The molecule has 0 atom stereocenters. The van der Waals surface area contributed by atoms with Crippen LogP contribution in [-0.4, -0.2) is 28.4 Å². The summed E-state index contributed by atoms with van der Waals surface area (Å²) in [5.74, 6) is 1.42. The van der Waals surface area contributed by atoms with Gasteiger partial charge in [0.05, 0.1) is 10.6 Å². The summed E-state index contributed by atoms with van der Waals surface area (Å²) in [6.45, 7) is 7.49. The van der Waals surface area contributed by atoms with Gasteiger partial charge in [-0.15, -0.1) is 10.2 Å². The topological polar surface area (TPSA) is 99.0 Å². The molecule has 2 aromatic heterocycles. The van der Waals surface area contributed by atoms with Crippen LogP contribution in [-0.2, 0) is 10.0 Å². The van der Waals surface area contributed by atoms with Gasteiger partial charge in [-0.25, -0.2) is 13.1 Å². The Kier molecular flexibility index (Phi) is 5.67. The minimum Gasteiger partial charge on any atom is -0.438 e. The van der Waals surface area contributed by atoms with E-state index < -0.39 is 10.0 Å². The molecule has 0 spiro atoms. The number of sulfonamides is 1. The van der Waals surface area contributed by atoms with E-state index in [4.69, 9.17) is 4.74 Å². The van der Waals surface area contributed by atoms with Gasteiger partial charge in [0.1, 0.15) is 5.75 Å². The first kappa shape index (κ1) is 21.5. The fraction of sp³-hybridized carbons (Fsp3) is 0.174. The van der Waals surface area contributed by atoms with Crippen LogP contribution in [0.4, 0.5) is 5.69 Å². The maximum Gasteiger partial charge on any atom is 0.262 e. The average Bonchev–Trinajstić information content (AvgIpc) is 3.09. The molecule has 0 radical (unpaired) electrons. The van der Waals surface area contributed by atoms with E-state index in [0.29, 0.717) is 28.7 Å². The maximum absolute atomic E-state index is 12.8. The van der Waals surface area contributed by atoms with Crippen LogP contribution in [0.2, 0.25) is 0 Å². The summed E-state index contributed by atoms with van der Waals surface area (Å²) < 4.78 is 35.6. The Bertz CT molecular complexity index is 1360. The van der Waals surface area contributed by atoms with Crippen molar-refractivity contribution in [3.63, 3.8) is 0 Å². The van der Waals surface area contributed by atoms with Gasteiger partial charge in [-0.1, -0.05) is 12.1 Å². The van der Waals surface area contributed by atoms with Crippen LogP contribution in [0.1, 0.15) is 22.5 Å². The van der Waals surface area contributed by atoms with Crippen LogP contribution in [0.3, 0.4) is 0 Å². The lowest BCUT2D eigenvalue weighted by Gasteiger charge is -2.12. The van der Waals surface area contributed by atoms with E-state index in [1.807, 2.05) is 32.9 Å². The van der Waals surface area contributed by atoms with Crippen LogP contribution < -0.4 is 9.46 Å². The molecule has 0 aliphatic heterocycles. The molecule has 164 valence electrons. The van der Waals surface area contributed by atoms with Crippen molar-refractivity contribution in [3.8, 4) is 17.4 Å². The second-order valence-corrected chi connectivity index (χ2v) is 9.22. The van der Waals surface area contributed by atoms with Gasteiger partial charge < -0.3 is 4.74 Å². The largest absolute Gasteiger partial charge is 0.438 e. The minimum absolute atomic E-state index is 0.260. The molecular formula is C23H23N5O3S. The number of nitrogens with zero attached hydrogens (tertiary/aromatic N) is 4. The molecule has 2 aromatic carbocycles. The molecule has 0 unspecified atom stereocenters. The zero-order chi connectivity index (χ0) is 22.9. The molecule has 0 bridgehead atoms. The second kappa shape index (κ2) is 8.43. The minimum atomic E-state index is -3.69. The molecule has 0 amide bonds. The second-order valence-electron chi connectivity index (χ2n) is 7.57. The number of benzene rings is 2. The van der Waals surface area contributed by atoms with Crippen molar-refractivity contribution in [2.75, 3.05) is 4.72 Å². The summed E-state index contributed by atoms with van der Waals surface area (Å²) in [5, 5.41) is 12.6. The Labute approximate surface area is 187 Å². The highest BCUT2D eigenvalue weighted by Gasteiger charge is 2.17. The van der Waals surface area contributed by atoms with Gasteiger partial charge in [0.15, 0.2) is 5.82 Å². The van der Waals surface area contributed by atoms with Crippen LogP contribution in [0.25, 0.3) is 5.82 Å². The quantitative estimate of drug-likeness (QED) is 0.466. The number of nitrogens with one attached hydrogen (secondary N) is 1. The molecule has 0 aliphatic rings. The highest BCUT2D eigenvalue weighted by Crippen LogP contribution is 2.24. The Hall–Kier alpha value is -3.72. The van der Waals surface area contributed by atoms with Crippen molar-refractivity contribution in [2.24, 2.45) is 0 Å². The van der Waals surface area contributed by atoms with Crippen molar-refractivity contribution < 1.29 is 13.2 Å². The Morgan fingerprint density at radius 1 is 0.875 bits per heavy atom. The predicted molar refractivity (Wildman–Crippen MR) is 122 cm³/mol. The lowest BCUT2D eigenvalue weighted by atomic mass is 10.2. The monoisotopic (exact) mass is 449 g/mol. The van der Waals surface area contributed by atoms with E-state index in [0.717, 1.165) is 17.0 Å². The number of anilines is 1. The smallest absolute Gasteiger partial charge is 0.262 e. The van der Waals surface area contributed by atoms with Gasteiger partial charge in [0, 0.05) is 17.4 Å². The standard InChI is InChI=1S/C23H23N5O3S/c1-15-5-6-16(2)21(13-15)32(29,30)27-19-7-9-20(10-8-19)31-23-12-11-22(24-25-23)28-18(4)14-17(3)26-28/h5-14,27H,1-4H3. The van der Waals surface area contributed by atoms with E-state index >= 15 is 0 Å². The first-order chi connectivity index (χ1) is 15.2. The normalized spacial score (nSPS) is 11.4. The lowest BCUT2D eigenvalue weighted by molar-refractivity contribution is 0.454. The van der Waals surface area contributed by atoms with Crippen LogP contribution in [0, 0.1) is 27.7 Å². The van der Waals surface area contributed by atoms with E-state index in [9.17, 15) is 8.42 Å². The predicted octanol–water partition coefficient (Wildman–Crippen LogP) is 4.49. The molecule has 8 nitrogen and oxygen atoms in total. The van der Waals surface area contributed by atoms with Crippen LogP contribution >= 0.6 is 0 Å². The number of hydrogen-bond donors (Lipinski definition) is 1. The molecule has 32 heavy (non-hydrogen) atoms. The molecule has 4 aromatic rings. The zero-order valence-corrected chi connectivity index (χ0v) is 19.0. The SMILES string of the molecule is Cc1ccc(C)c(S(=O)(=O)Nc2ccc(Oc3ccc(-n4nc(C)cc4C)nn3)cc2)c1. The third-order valence-electron chi connectivity index (χ3n) is 4.81. The van der Waals surface area contributed by atoms with Crippen molar-refractivity contribution in [1.29, 1.82) is 0 Å². The van der Waals surface area contributed by atoms with Crippen molar-refractivity contribution in [2.45, 2.75) is 32.6 Å². The highest BCUT2D eigenvalue weighted by atomic mass is 32.2. The molecule has 0 aliphatic carbocycles. The van der Waals surface area contributed by atoms with E-state index in [2.05, 4.69) is 20.0 Å². The van der Waals surface area contributed by atoms with E-state index in [1.165, 1.54) is 0 Å². The molecule has 2 heterocycles. The molecular weight excluding hydrogens is 426 g/mol. The fourth-order valence-corrected chi connectivity index (χ4v) is 4.65. The van der Waals surface area contributed by atoms with Gasteiger partial charge >= 0.3 is 0 Å². The summed E-state index contributed by atoms with van der Waals surface area (Å²) in [7, 11) is -3.69. The van der Waals surface area contributed by atoms with Crippen molar-refractivity contribution in [3.05, 3.63) is 83.2 Å². The highest BCUT2D eigenvalue weighted by molar-refractivity contribution is 7.92. The lowest BCUT2D eigenvalue weighted by Crippen LogP contribution is -2.14. The number of rotatable bonds is 6. The van der Waals surface area contributed by atoms with E-state index in [-0.39, 0.29) is 4.90 Å². The molecule has 0 fully saturated rings. The number of ether oxygens (including phenoxy) is 1. The molecule has 4 rings (SSSR count). The molecule has 9 heteroatoms. The number of hydrogen-bond acceptors (Lipinski definition) is 6. The summed E-state index contributed by atoms with van der Waals surface area (Å²) in [6, 6.07) is 17.4. The maximum atomic E-state index is 12.8. The summed E-state index contributed by atoms with van der Waals surface area (Å²) >= 11 is 0. The van der Waals surface area contributed by atoms with Gasteiger partial charge in [-0.05, 0) is 81.3 Å². The Morgan fingerprint density at radius 2 is 1.62 bits per heavy atom. The van der Waals surface area contributed by atoms with Crippen LogP contribution in [0.5, 0.6) is 11.6 Å². The van der Waals surface area contributed by atoms with Gasteiger partial charge in [0.25, 0.3) is 10.0 Å². The Morgan fingerprint density at radius 3 is 2.25 bits per heavy atom. The molecule has 0 saturated carbocycles. The number of aromatic nitrogens is 4. The molecule has 0 saturated heterocycles. The van der Waals surface area contributed by atoms with Gasteiger partial charge in [0.2, 0.25) is 5.88 Å². The third kappa shape index (κ3) is 4.62. The molecule has 1 N–H and O–H groups in total. The third-order valence-corrected chi connectivity index (χ3v) is 6.34. The zero-order valence-electron chi connectivity index (χ0n) is 18.2. The fourth-order valence-electron chi connectivity index (χ4n) is 3.26. The average molecular weight is 450 g/mol. The van der Waals surface area contributed by atoms with E-state index in [1.54, 1.807) is 60.1 Å². The summed E-state index contributed by atoms with van der Waals surface area (Å²) in [5.41, 5.74) is 3.86. The summed E-state index contributed by atoms with van der Waals surface area (Å²) in [6.07, 6.45) is 0. The first-order valence-electron chi connectivity index (χ1n) is 9.97. The first-order valence-corrected chi connectivity index (χ1v) is 11.4. The van der Waals surface area contributed by atoms with Crippen molar-refractivity contribution in [1.82, 2.24) is 20.0 Å². The van der Waals surface area contributed by atoms with Crippen LogP contribution in [0.15, 0.2) is 65.6 Å². The van der Waals surface area contributed by atoms with Gasteiger partial charge in [-0.3, -0.25) is 4.72 Å². The van der Waals surface area contributed by atoms with Gasteiger partial charge in [-0.2, -0.15) is 5.10 Å². The Balaban J connectivity index is 1.46.